The third kappa shape index (κ3) is 3.45. The first kappa shape index (κ1) is 15.6. The summed E-state index contributed by atoms with van der Waals surface area (Å²) in [5, 5.41) is 9.82. The Bertz CT molecular complexity index is 612. The van der Waals surface area contributed by atoms with Crippen LogP contribution in [-0.4, -0.2) is 35.0 Å². The Kier molecular flexibility index (Phi) is 4.37. The Labute approximate surface area is 129 Å². The zero-order valence-electron chi connectivity index (χ0n) is 12.1. The van der Waals surface area contributed by atoms with Crippen molar-refractivity contribution in [3.63, 3.8) is 0 Å². The Balaban J connectivity index is 2.03. The first-order valence-corrected chi connectivity index (χ1v) is 7.16. The highest BCUT2D eigenvalue weighted by atomic mass is 35.5. The van der Waals surface area contributed by atoms with Crippen molar-refractivity contribution in [3.05, 3.63) is 40.4 Å². The molecule has 0 aromatic heterocycles. The summed E-state index contributed by atoms with van der Waals surface area (Å²) in [6, 6.07) is 5.58. The minimum atomic E-state index is -0.855. The van der Waals surface area contributed by atoms with E-state index in [9.17, 15) is 9.59 Å². The van der Waals surface area contributed by atoms with Gasteiger partial charge in [0, 0.05) is 24.2 Å². The summed E-state index contributed by atoms with van der Waals surface area (Å²) in [5.74, 6) is -1.02. The van der Waals surface area contributed by atoms with Crippen LogP contribution in [0, 0.1) is 12.3 Å². The normalized spacial score (nSPS) is 22.0. The molecule has 1 aliphatic heterocycles. The second-order valence-electron chi connectivity index (χ2n) is 5.72. The van der Waals surface area contributed by atoms with E-state index >= 15 is 0 Å². The van der Waals surface area contributed by atoms with Crippen molar-refractivity contribution >= 4 is 29.6 Å². The van der Waals surface area contributed by atoms with E-state index in [1.807, 2.05) is 19.1 Å². The summed E-state index contributed by atoms with van der Waals surface area (Å²) >= 11 is 6.03. The molecule has 21 heavy (non-hydrogen) atoms. The van der Waals surface area contributed by atoms with E-state index in [4.69, 9.17) is 16.7 Å². The summed E-state index contributed by atoms with van der Waals surface area (Å²) in [6.45, 7) is 4.31. The van der Waals surface area contributed by atoms with Gasteiger partial charge < -0.3 is 10.0 Å². The van der Waals surface area contributed by atoms with Crippen molar-refractivity contribution in [1.29, 1.82) is 0 Å². The van der Waals surface area contributed by atoms with E-state index in [0.29, 0.717) is 18.0 Å². The van der Waals surface area contributed by atoms with Crippen molar-refractivity contribution < 1.29 is 14.7 Å². The average molecular weight is 308 g/mol. The molecule has 5 heteroatoms. The van der Waals surface area contributed by atoms with Gasteiger partial charge in [-0.25, -0.2) is 0 Å². The number of carboxylic acids is 1. The lowest BCUT2D eigenvalue weighted by atomic mass is 9.90. The van der Waals surface area contributed by atoms with E-state index < -0.39 is 11.4 Å². The van der Waals surface area contributed by atoms with Crippen LogP contribution >= 0.6 is 11.6 Å². The predicted octanol–water partition coefficient (Wildman–Crippen LogP) is 2.98. The molecular weight excluding hydrogens is 290 g/mol. The Morgan fingerprint density at radius 3 is 2.71 bits per heavy atom. The highest BCUT2D eigenvalue weighted by Gasteiger charge is 2.41. The molecule has 1 aliphatic rings. The number of amides is 1. The smallest absolute Gasteiger partial charge is 0.311 e. The molecule has 112 valence electrons. The number of carbonyl (C=O) groups excluding carboxylic acids is 1. The van der Waals surface area contributed by atoms with E-state index in [2.05, 4.69) is 0 Å². The molecule has 0 spiro atoms. The zero-order chi connectivity index (χ0) is 15.6. The topological polar surface area (TPSA) is 57.6 Å². The summed E-state index contributed by atoms with van der Waals surface area (Å²) in [5.41, 5.74) is 0.993. The second kappa shape index (κ2) is 5.90. The van der Waals surface area contributed by atoms with E-state index in [1.165, 1.54) is 6.08 Å². The van der Waals surface area contributed by atoms with Gasteiger partial charge in [0.1, 0.15) is 0 Å². The monoisotopic (exact) mass is 307 g/mol. The fourth-order valence-corrected chi connectivity index (χ4v) is 2.50. The molecule has 1 saturated heterocycles. The van der Waals surface area contributed by atoms with E-state index in [-0.39, 0.29) is 12.5 Å². The summed E-state index contributed by atoms with van der Waals surface area (Å²) < 4.78 is 0. The van der Waals surface area contributed by atoms with Gasteiger partial charge in [-0.1, -0.05) is 23.7 Å². The minimum Gasteiger partial charge on any atom is -0.481 e. The number of rotatable bonds is 3. The second-order valence-corrected chi connectivity index (χ2v) is 6.12. The largest absolute Gasteiger partial charge is 0.481 e. The van der Waals surface area contributed by atoms with Crippen LogP contribution in [0.2, 0.25) is 5.02 Å². The number of halogens is 1. The van der Waals surface area contributed by atoms with Crippen LogP contribution in [0.5, 0.6) is 0 Å². The van der Waals surface area contributed by atoms with Gasteiger partial charge in [-0.3, -0.25) is 9.59 Å². The molecular formula is C16H18ClNO3. The summed E-state index contributed by atoms with van der Waals surface area (Å²) in [7, 11) is 0. The van der Waals surface area contributed by atoms with Crippen LogP contribution in [0.1, 0.15) is 24.5 Å². The van der Waals surface area contributed by atoms with Gasteiger partial charge in [-0.05, 0) is 43.5 Å². The van der Waals surface area contributed by atoms with Crippen molar-refractivity contribution in [2.75, 3.05) is 13.1 Å². The first-order valence-electron chi connectivity index (χ1n) is 6.78. The highest BCUT2D eigenvalue weighted by Crippen LogP contribution is 2.30. The maximum absolute atomic E-state index is 12.1. The van der Waals surface area contributed by atoms with Crippen LogP contribution in [0.25, 0.3) is 6.08 Å². The average Bonchev–Trinajstić information content (AvgIpc) is 2.84. The third-order valence-electron chi connectivity index (χ3n) is 3.92. The molecule has 4 nitrogen and oxygen atoms in total. The van der Waals surface area contributed by atoms with Gasteiger partial charge in [0.25, 0.3) is 0 Å². The Morgan fingerprint density at radius 2 is 2.14 bits per heavy atom. The number of hydrogen-bond donors (Lipinski definition) is 1. The van der Waals surface area contributed by atoms with E-state index in [1.54, 1.807) is 24.0 Å². The number of hydrogen-bond acceptors (Lipinski definition) is 2. The number of likely N-dealkylation sites (tertiary alicyclic amines) is 1. The standard InChI is InChI=1S/C16H18ClNO3/c1-11-3-4-12(9-13(11)17)5-6-14(19)18-8-7-16(2,10-18)15(20)21/h3-6,9H,7-8,10H2,1-2H3,(H,20,21). The van der Waals surface area contributed by atoms with Gasteiger partial charge in [-0.2, -0.15) is 0 Å². The number of carbonyl (C=O) groups is 2. The van der Waals surface area contributed by atoms with Crippen LogP contribution in [-0.2, 0) is 9.59 Å². The van der Waals surface area contributed by atoms with E-state index in [0.717, 1.165) is 11.1 Å². The molecule has 1 fully saturated rings. The fourth-order valence-electron chi connectivity index (χ4n) is 2.31. The van der Waals surface area contributed by atoms with Crippen molar-refractivity contribution in [1.82, 2.24) is 4.90 Å². The summed E-state index contributed by atoms with van der Waals surface area (Å²) in [6.07, 6.45) is 3.65. The highest BCUT2D eigenvalue weighted by molar-refractivity contribution is 6.31. The van der Waals surface area contributed by atoms with Crippen molar-refractivity contribution in [3.8, 4) is 0 Å². The lowest BCUT2D eigenvalue weighted by Gasteiger charge is -2.18. The number of nitrogens with zero attached hydrogens (tertiary/aromatic N) is 1. The molecule has 0 bridgehead atoms. The van der Waals surface area contributed by atoms with Crippen molar-refractivity contribution in [2.45, 2.75) is 20.3 Å². The SMILES string of the molecule is Cc1ccc(C=CC(=O)N2CCC(C)(C(=O)O)C2)cc1Cl. The molecule has 1 atom stereocenters. The molecule has 0 aliphatic carbocycles. The quantitative estimate of drug-likeness (QED) is 0.873. The molecule has 1 aromatic rings. The number of benzene rings is 1. The molecule has 1 unspecified atom stereocenters. The molecule has 1 amide bonds. The van der Waals surface area contributed by atoms with Crippen LogP contribution < -0.4 is 0 Å². The molecule has 1 aromatic carbocycles. The Morgan fingerprint density at radius 1 is 1.43 bits per heavy atom. The minimum absolute atomic E-state index is 0.170. The maximum atomic E-state index is 12.1. The molecule has 0 radical (unpaired) electrons. The third-order valence-corrected chi connectivity index (χ3v) is 4.32. The zero-order valence-corrected chi connectivity index (χ0v) is 12.9. The lowest BCUT2D eigenvalue weighted by Crippen LogP contribution is -2.34. The van der Waals surface area contributed by atoms with Crippen LogP contribution in [0.4, 0.5) is 0 Å². The summed E-state index contributed by atoms with van der Waals surface area (Å²) in [4.78, 5) is 24.8. The van der Waals surface area contributed by atoms with Gasteiger partial charge in [0.2, 0.25) is 5.91 Å². The maximum Gasteiger partial charge on any atom is 0.311 e. The van der Waals surface area contributed by atoms with Gasteiger partial charge in [-0.15, -0.1) is 0 Å². The van der Waals surface area contributed by atoms with Crippen molar-refractivity contribution in [2.24, 2.45) is 5.41 Å². The first-order chi connectivity index (χ1) is 9.82. The number of aryl methyl sites for hydroxylation is 1. The molecule has 0 saturated carbocycles. The van der Waals surface area contributed by atoms with Gasteiger partial charge in [0.05, 0.1) is 5.41 Å². The number of aliphatic carboxylic acids is 1. The predicted molar refractivity (Wildman–Crippen MR) is 82.2 cm³/mol. The van der Waals surface area contributed by atoms with Gasteiger partial charge in [0.15, 0.2) is 0 Å². The lowest BCUT2D eigenvalue weighted by molar-refractivity contribution is -0.147. The number of carboxylic acid groups (broad SMARTS) is 1. The van der Waals surface area contributed by atoms with Crippen LogP contribution in [0.3, 0.4) is 0 Å². The molecule has 1 heterocycles. The fraction of sp³-hybridized carbons (Fsp3) is 0.375. The molecule has 1 N–H and O–H groups in total. The molecule has 2 rings (SSSR count). The van der Waals surface area contributed by atoms with Gasteiger partial charge >= 0.3 is 5.97 Å². The Hall–Kier alpha value is -1.81. The van der Waals surface area contributed by atoms with Crippen LogP contribution in [0.15, 0.2) is 24.3 Å².